The number of amides is 1. The summed E-state index contributed by atoms with van der Waals surface area (Å²) in [6, 6.07) is 7.89. The Bertz CT molecular complexity index is 870. The minimum atomic E-state index is 0.0632. The normalized spacial score (nSPS) is 14.5. The Morgan fingerprint density at radius 2 is 2.08 bits per heavy atom. The van der Waals surface area contributed by atoms with Gasteiger partial charge in [0.25, 0.3) is 5.91 Å². The highest BCUT2D eigenvalue weighted by atomic mass is 32.2. The number of thioether (sulfide) groups is 1. The lowest BCUT2D eigenvalue weighted by Gasteiger charge is -2.38. The van der Waals surface area contributed by atoms with Crippen molar-refractivity contribution in [3.8, 4) is 0 Å². The molecule has 9 heteroatoms. The van der Waals surface area contributed by atoms with Crippen molar-refractivity contribution < 1.29 is 4.79 Å². The fourth-order valence-electron chi connectivity index (χ4n) is 2.76. The first-order valence-electron chi connectivity index (χ1n) is 7.91. The van der Waals surface area contributed by atoms with Crippen molar-refractivity contribution in [1.29, 1.82) is 0 Å². The summed E-state index contributed by atoms with van der Waals surface area (Å²) in [6.07, 6.45) is 7.16. The zero-order chi connectivity index (χ0) is 17.2. The number of hydrogen-bond donors (Lipinski definition) is 0. The van der Waals surface area contributed by atoms with Crippen LogP contribution in [-0.2, 0) is 6.54 Å². The largest absolute Gasteiger partial charge is 0.334 e. The summed E-state index contributed by atoms with van der Waals surface area (Å²) in [6.45, 7) is 1.78. The van der Waals surface area contributed by atoms with E-state index in [1.807, 2.05) is 46.3 Å². The van der Waals surface area contributed by atoms with Gasteiger partial charge in [0.1, 0.15) is 12.2 Å². The van der Waals surface area contributed by atoms with Crippen molar-refractivity contribution in [2.45, 2.75) is 17.5 Å². The van der Waals surface area contributed by atoms with E-state index in [4.69, 9.17) is 0 Å². The van der Waals surface area contributed by atoms with E-state index in [1.165, 1.54) is 0 Å². The van der Waals surface area contributed by atoms with Crippen LogP contribution >= 0.6 is 11.8 Å². The maximum atomic E-state index is 12.5. The van der Waals surface area contributed by atoms with Crippen LogP contribution in [0.4, 0.5) is 0 Å². The van der Waals surface area contributed by atoms with E-state index in [1.54, 1.807) is 29.0 Å². The minimum Gasteiger partial charge on any atom is -0.334 e. The first kappa shape index (κ1) is 15.8. The van der Waals surface area contributed by atoms with Crippen molar-refractivity contribution in [3.05, 3.63) is 54.1 Å². The van der Waals surface area contributed by atoms with E-state index >= 15 is 0 Å². The molecule has 0 spiro atoms. The van der Waals surface area contributed by atoms with Crippen LogP contribution in [0.2, 0.25) is 0 Å². The Morgan fingerprint density at radius 3 is 2.84 bits per heavy atom. The molecule has 0 saturated carbocycles. The SMILES string of the molecule is CSc1cccc(C(=O)N2CC(n3cc(Cn4nccn4)nn3)C2)c1. The van der Waals surface area contributed by atoms with Gasteiger partial charge in [-0.15, -0.1) is 16.9 Å². The summed E-state index contributed by atoms with van der Waals surface area (Å²) in [5.74, 6) is 0.0632. The molecule has 0 bridgehead atoms. The molecular formula is C16H17N7OS. The van der Waals surface area contributed by atoms with Gasteiger partial charge in [0.15, 0.2) is 0 Å². The third kappa shape index (κ3) is 3.27. The summed E-state index contributed by atoms with van der Waals surface area (Å²) in [5.41, 5.74) is 1.53. The minimum absolute atomic E-state index is 0.0632. The summed E-state index contributed by atoms with van der Waals surface area (Å²) in [4.78, 5) is 17.0. The van der Waals surface area contributed by atoms with E-state index in [0.717, 1.165) is 16.2 Å². The molecule has 1 saturated heterocycles. The van der Waals surface area contributed by atoms with E-state index in [-0.39, 0.29) is 11.9 Å². The molecule has 1 fully saturated rings. The highest BCUT2D eigenvalue weighted by Crippen LogP contribution is 2.24. The maximum Gasteiger partial charge on any atom is 0.254 e. The molecular weight excluding hydrogens is 338 g/mol. The summed E-state index contributed by atoms with van der Waals surface area (Å²) < 4.78 is 1.82. The average molecular weight is 355 g/mol. The fraction of sp³-hybridized carbons (Fsp3) is 0.312. The van der Waals surface area contributed by atoms with E-state index in [0.29, 0.717) is 19.6 Å². The van der Waals surface area contributed by atoms with Crippen LogP contribution in [0.25, 0.3) is 0 Å². The Hall–Kier alpha value is -2.68. The highest BCUT2D eigenvalue weighted by Gasteiger charge is 2.33. The lowest BCUT2D eigenvalue weighted by Crippen LogP contribution is -2.50. The number of nitrogens with zero attached hydrogens (tertiary/aromatic N) is 7. The molecule has 3 aromatic rings. The molecule has 4 rings (SSSR count). The topological polar surface area (TPSA) is 81.7 Å². The number of aromatic nitrogens is 6. The Morgan fingerprint density at radius 1 is 1.28 bits per heavy atom. The molecule has 1 amide bonds. The number of hydrogen-bond acceptors (Lipinski definition) is 6. The van der Waals surface area contributed by atoms with Gasteiger partial charge in [-0.1, -0.05) is 11.3 Å². The summed E-state index contributed by atoms with van der Waals surface area (Å²) >= 11 is 1.63. The van der Waals surface area contributed by atoms with Crippen LogP contribution in [-0.4, -0.2) is 60.1 Å². The van der Waals surface area contributed by atoms with Crippen molar-refractivity contribution >= 4 is 17.7 Å². The predicted molar refractivity (Wildman–Crippen MR) is 92.3 cm³/mol. The van der Waals surface area contributed by atoms with Crippen LogP contribution in [0.15, 0.2) is 47.8 Å². The monoisotopic (exact) mass is 355 g/mol. The summed E-state index contributed by atoms with van der Waals surface area (Å²) in [5, 5.41) is 16.4. The maximum absolute atomic E-state index is 12.5. The molecule has 1 aromatic carbocycles. The third-order valence-electron chi connectivity index (χ3n) is 4.17. The van der Waals surface area contributed by atoms with Crippen molar-refractivity contribution in [3.63, 3.8) is 0 Å². The molecule has 0 radical (unpaired) electrons. The molecule has 25 heavy (non-hydrogen) atoms. The molecule has 0 unspecified atom stereocenters. The lowest BCUT2D eigenvalue weighted by atomic mass is 10.1. The Balaban J connectivity index is 1.37. The molecule has 1 aliphatic rings. The van der Waals surface area contributed by atoms with Gasteiger partial charge in [0.05, 0.1) is 24.6 Å². The molecule has 8 nitrogen and oxygen atoms in total. The van der Waals surface area contributed by atoms with Crippen LogP contribution in [0.5, 0.6) is 0 Å². The quantitative estimate of drug-likeness (QED) is 0.643. The van der Waals surface area contributed by atoms with Gasteiger partial charge < -0.3 is 4.90 Å². The number of likely N-dealkylation sites (tertiary alicyclic amines) is 1. The van der Waals surface area contributed by atoms with Gasteiger partial charge >= 0.3 is 0 Å². The Kier molecular flexibility index (Phi) is 4.22. The number of benzene rings is 1. The van der Waals surface area contributed by atoms with Crippen LogP contribution < -0.4 is 0 Å². The number of rotatable bonds is 5. The van der Waals surface area contributed by atoms with Crippen LogP contribution in [0.1, 0.15) is 22.1 Å². The van der Waals surface area contributed by atoms with E-state index < -0.39 is 0 Å². The fourth-order valence-corrected chi connectivity index (χ4v) is 3.22. The van der Waals surface area contributed by atoms with Gasteiger partial charge in [0, 0.05) is 23.5 Å². The van der Waals surface area contributed by atoms with Gasteiger partial charge in [-0.2, -0.15) is 15.0 Å². The average Bonchev–Trinajstić information content (AvgIpc) is 3.26. The number of carbonyl (C=O) groups is 1. The summed E-state index contributed by atoms with van der Waals surface area (Å²) in [7, 11) is 0. The van der Waals surface area contributed by atoms with Crippen LogP contribution in [0.3, 0.4) is 0 Å². The molecule has 3 heterocycles. The number of carbonyl (C=O) groups excluding carboxylic acids is 1. The van der Waals surface area contributed by atoms with Gasteiger partial charge in [-0.25, -0.2) is 4.68 Å². The van der Waals surface area contributed by atoms with E-state index in [2.05, 4.69) is 20.5 Å². The standard InChI is InChI=1S/C16H17N7OS/c1-25-15-4-2-3-12(7-15)16(24)21-10-14(11-21)22-8-13(19-20-22)9-23-17-5-6-18-23/h2-8,14H,9-11H2,1H3. The Labute approximate surface area is 148 Å². The zero-order valence-corrected chi connectivity index (χ0v) is 14.5. The highest BCUT2D eigenvalue weighted by molar-refractivity contribution is 7.98. The second-order valence-corrected chi connectivity index (χ2v) is 6.72. The first-order chi connectivity index (χ1) is 12.2. The molecule has 0 atom stereocenters. The molecule has 128 valence electrons. The van der Waals surface area contributed by atoms with Gasteiger partial charge in [-0.3, -0.25) is 4.79 Å². The first-order valence-corrected chi connectivity index (χ1v) is 9.13. The zero-order valence-electron chi connectivity index (χ0n) is 13.7. The second-order valence-electron chi connectivity index (χ2n) is 5.85. The molecule has 0 aliphatic carbocycles. The molecule has 1 aliphatic heterocycles. The molecule has 0 N–H and O–H groups in total. The smallest absolute Gasteiger partial charge is 0.254 e. The van der Waals surface area contributed by atoms with Crippen LogP contribution in [0, 0.1) is 0 Å². The van der Waals surface area contributed by atoms with Crippen molar-refractivity contribution in [1.82, 2.24) is 34.9 Å². The van der Waals surface area contributed by atoms with Gasteiger partial charge in [0.2, 0.25) is 0 Å². The van der Waals surface area contributed by atoms with Crippen molar-refractivity contribution in [2.24, 2.45) is 0 Å². The second kappa shape index (κ2) is 6.67. The molecule has 2 aromatic heterocycles. The third-order valence-corrected chi connectivity index (χ3v) is 4.89. The lowest BCUT2D eigenvalue weighted by molar-refractivity contribution is 0.0498. The van der Waals surface area contributed by atoms with E-state index in [9.17, 15) is 4.79 Å². The predicted octanol–water partition coefficient (Wildman–Crippen LogP) is 1.34. The van der Waals surface area contributed by atoms with Gasteiger partial charge in [-0.05, 0) is 24.5 Å². The van der Waals surface area contributed by atoms with Crippen molar-refractivity contribution in [2.75, 3.05) is 19.3 Å².